The van der Waals surface area contributed by atoms with Crippen LogP contribution in [0.15, 0.2) is 37.6 Å². The number of hydrogen-bond acceptors (Lipinski definition) is 14. The van der Waals surface area contributed by atoms with Gasteiger partial charge in [0.2, 0.25) is 0 Å². The molecule has 8 rings (SSSR count). The number of piperidine rings is 2. The van der Waals surface area contributed by atoms with E-state index < -0.39 is 20.4 Å². The Hall–Kier alpha value is -3.98. The summed E-state index contributed by atoms with van der Waals surface area (Å²) in [5.74, 6) is 2.08. The molecule has 0 aromatic carbocycles. The van der Waals surface area contributed by atoms with Crippen molar-refractivity contribution in [1.82, 2.24) is 69.1 Å². The van der Waals surface area contributed by atoms with E-state index in [-0.39, 0.29) is 12.4 Å². The molecule has 0 spiro atoms. The summed E-state index contributed by atoms with van der Waals surface area (Å²) >= 11 is 11.5. The highest BCUT2D eigenvalue weighted by molar-refractivity contribution is 7.87. The number of nitrogens with zero attached hydrogens (tertiary/aromatic N) is 12. The number of aromatic nitrogens is 12. The van der Waals surface area contributed by atoms with Crippen LogP contribution in [0.4, 0.5) is 5.82 Å². The zero-order chi connectivity index (χ0) is 41.0. The van der Waals surface area contributed by atoms with Crippen molar-refractivity contribution in [1.29, 1.82) is 0 Å². The second-order valence-corrected chi connectivity index (χ2v) is 16.8. The Balaban J connectivity index is 0.000000181. The van der Waals surface area contributed by atoms with Gasteiger partial charge in [-0.2, -0.15) is 32.1 Å². The lowest BCUT2D eigenvalue weighted by Crippen LogP contribution is -3.00. The average molecular weight is 906 g/mol. The van der Waals surface area contributed by atoms with E-state index in [1.165, 1.54) is 38.6 Å². The number of nitrogens with two attached hydrogens (primary N) is 3. The molecule has 22 nitrogen and oxygen atoms in total. The Morgan fingerprint density at radius 3 is 1.78 bits per heavy atom. The van der Waals surface area contributed by atoms with E-state index in [2.05, 4.69) is 70.0 Å². The number of halogens is 3. The number of fused-ring (bicyclic) bond motifs is 3. The summed E-state index contributed by atoms with van der Waals surface area (Å²) in [6, 6.07) is 0. The molecule has 2 aliphatic heterocycles. The molecule has 2 saturated heterocycles. The summed E-state index contributed by atoms with van der Waals surface area (Å²) in [6.45, 7) is 4.98. The third-order valence-corrected chi connectivity index (χ3v) is 11.2. The molecule has 0 unspecified atom stereocenters. The fourth-order valence-electron chi connectivity index (χ4n) is 6.40. The van der Waals surface area contributed by atoms with Crippen molar-refractivity contribution in [2.45, 2.75) is 38.5 Å². The number of aryl methyl sites for hydroxylation is 2. The van der Waals surface area contributed by atoms with Gasteiger partial charge in [-0.1, -0.05) is 23.2 Å². The first-order valence-corrected chi connectivity index (χ1v) is 21.8. The maximum atomic E-state index is 10.9. The van der Waals surface area contributed by atoms with Crippen LogP contribution in [0.2, 0.25) is 10.3 Å². The zero-order valence-corrected chi connectivity index (χ0v) is 35.7. The zero-order valence-electron chi connectivity index (χ0n) is 31.8. The second-order valence-electron chi connectivity index (χ2n) is 13.4. The summed E-state index contributed by atoms with van der Waals surface area (Å²) in [4.78, 5) is 26.4. The molecule has 0 atom stereocenters. The molecule has 0 bridgehead atoms. The topological polar surface area (TPSA) is 306 Å². The van der Waals surface area contributed by atoms with E-state index in [9.17, 15) is 16.8 Å². The van der Waals surface area contributed by atoms with Gasteiger partial charge in [-0.3, -0.25) is 14.5 Å². The lowest BCUT2D eigenvalue weighted by Gasteiger charge is -2.33. The smallest absolute Gasteiger partial charge is 0.274 e. The standard InChI is InChI=1S/C13H21N7O2S.C7H17N3O2S.C6H5ClN4.C5H3ClN4.ClH/c1-19-12-11(8-17-19)13(16-9-15-12)20-6-3-10(4-7-20)2-5-18-23(14,21)22;8-13(11,12)10-6-3-7-1-4-9-5-2-7;1-11-6-4(2-10-11)5(7)8-3-9-6;6-4-3-1-9-10-5(3)8-2-7-4;/h8-10,18H,2-7H2,1H3,(H2,14,21,22);7,9-10H,1-6H2,(H2,8,11,12);2-3H,1H3;1-2H,(H,7,8,9,10);1H. The number of H-pyrrole nitrogens is 1. The van der Waals surface area contributed by atoms with E-state index in [1.807, 2.05) is 14.1 Å². The van der Waals surface area contributed by atoms with Crippen molar-refractivity contribution < 1.29 is 34.6 Å². The van der Waals surface area contributed by atoms with Gasteiger partial charge in [0.25, 0.3) is 20.4 Å². The van der Waals surface area contributed by atoms with Crippen LogP contribution in [-0.2, 0) is 34.5 Å². The molecular weight excluding hydrogens is 859 g/mol. The predicted molar refractivity (Wildman–Crippen MR) is 215 cm³/mol. The monoisotopic (exact) mass is 904 g/mol. The number of aromatic amines is 1. The van der Waals surface area contributed by atoms with Crippen LogP contribution in [0.25, 0.3) is 33.1 Å². The summed E-state index contributed by atoms with van der Waals surface area (Å²) in [5, 5.41) is 30.1. The number of nitrogens with one attached hydrogen (secondary N) is 3. The number of hydrogen-bond donors (Lipinski definition) is 6. The maximum absolute atomic E-state index is 10.9. The van der Waals surface area contributed by atoms with E-state index in [1.54, 1.807) is 34.3 Å². The molecule has 6 aromatic heterocycles. The second kappa shape index (κ2) is 21.9. The van der Waals surface area contributed by atoms with E-state index in [0.29, 0.717) is 40.9 Å². The highest BCUT2D eigenvalue weighted by atomic mass is 35.5. The fraction of sp³-hybridized carbons (Fsp3) is 0.516. The Kier molecular flexibility index (Phi) is 17.6. The quantitative estimate of drug-likeness (QED) is 0.0786. The van der Waals surface area contributed by atoms with Crippen LogP contribution in [-0.4, -0.2) is 116 Å². The van der Waals surface area contributed by atoms with Crippen LogP contribution < -0.4 is 42.3 Å². The van der Waals surface area contributed by atoms with Crippen LogP contribution in [0, 0.1) is 11.8 Å². The van der Waals surface area contributed by atoms with Crippen LogP contribution in [0.1, 0.15) is 38.5 Å². The summed E-state index contributed by atoms with van der Waals surface area (Å²) in [6.07, 6.45) is 15.5. The normalized spacial score (nSPS) is 15.2. The fourth-order valence-corrected chi connectivity index (χ4v) is 7.56. The molecule has 0 saturated carbocycles. The van der Waals surface area contributed by atoms with Gasteiger partial charge in [0.1, 0.15) is 35.1 Å². The summed E-state index contributed by atoms with van der Waals surface area (Å²) in [5.41, 5.74) is 2.25. The lowest BCUT2D eigenvalue weighted by atomic mass is 9.93. The van der Waals surface area contributed by atoms with Gasteiger partial charge < -0.3 is 22.6 Å². The lowest BCUT2D eigenvalue weighted by molar-refractivity contribution is -0.664. The molecular formula is C31H47Cl3N18O4S2. The summed E-state index contributed by atoms with van der Waals surface area (Å²) in [7, 11) is -3.39. The van der Waals surface area contributed by atoms with Crippen molar-refractivity contribution in [3.63, 3.8) is 0 Å². The minimum Gasteiger partial charge on any atom is -1.00 e. The van der Waals surface area contributed by atoms with Crippen molar-refractivity contribution in [3.8, 4) is 0 Å². The molecule has 0 radical (unpaired) electrons. The average Bonchev–Trinajstić information content (AvgIpc) is 3.92. The van der Waals surface area contributed by atoms with Crippen LogP contribution in [0.3, 0.4) is 0 Å². The van der Waals surface area contributed by atoms with Gasteiger partial charge in [0.15, 0.2) is 16.9 Å². The highest BCUT2D eigenvalue weighted by Crippen LogP contribution is 2.28. The van der Waals surface area contributed by atoms with E-state index in [0.717, 1.165) is 72.0 Å². The van der Waals surface area contributed by atoms with Gasteiger partial charge in [0.05, 0.1) is 47.8 Å². The number of quaternary nitrogens is 1. The van der Waals surface area contributed by atoms with Gasteiger partial charge in [0, 0.05) is 40.3 Å². The Morgan fingerprint density at radius 1 is 0.724 bits per heavy atom. The van der Waals surface area contributed by atoms with Crippen molar-refractivity contribution >= 4 is 82.5 Å². The first-order chi connectivity index (χ1) is 27.2. The first kappa shape index (κ1) is 46.7. The predicted octanol–water partition coefficient (Wildman–Crippen LogP) is -3.07. The van der Waals surface area contributed by atoms with E-state index in [4.69, 9.17) is 33.5 Å². The molecule has 0 amide bonds. The number of anilines is 1. The molecule has 27 heteroatoms. The molecule has 8 heterocycles. The Labute approximate surface area is 351 Å². The maximum Gasteiger partial charge on any atom is 0.274 e. The third-order valence-electron chi connectivity index (χ3n) is 9.37. The SMILES string of the molecule is Clc1ncnc2[nH]ncc12.Cn1ncc2c(Cl)ncnc21.Cn1ncc2c(N3CCC(CCNS(N)(=O)=O)CC3)ncnc21.NS(=O)(=O)NCCC1CC[NH2+]CC1.[Cl-]. The van der Waals surface area contributed by atoms with Gasteiger partial charge in [-0.15, -0.1) is 0 Å². The minimum atomic E-state index is -3.59. The molecule has 2 fully saturated rings. The summed E-state index contributed by atoms with van der Waals surface area (Å²) < 4.78 is 50.9. The van der Waals surface area contributed by atoms with Crippen molar-refractivity contribution in [3.05, 3.63) is 47.9 Å². The van der Waals surface area contributed by atoms with Crippen LogP contribution in [0.5, 0.6) is 0 Å². The molecule has 58 heavy (non-hydrogen) atoms. The molecule has 6 aromatic rings. The third kappa shape index (κ3) is 14.1. The van der Waals surface area contributed by atoms with Crippen molar-refractivity contribution in [2.75, 3.05) is 44.2 Å². The van der Waals surface area contributed by atoms with Crippen LogP contribution >= 0.6 is 23.2 Å². The molecule has 0 aliphatic carbocycles. The minimum absolute atomic E-state index is 0. The Bertz CT molecular complexity index is 2420. The van der Waals surface area contributed by atoms with E-state index >= 15 is 0 Å². The van der Waals surface area contributed by atoms with Gasteiger partial charge in [-0.25, -0.2) is 49.6 Å². The molecule has 2 aliphatic rings. The first-order valence-electron chi connectivity index (χ1n) is 18.0. The molecule has 9 N–H and O–H groups in total. The number of rotatable bonds is 9. The van der Waals surface area contributed by atoms with Gasteiger partial charge >= 0.3 is 0 Å². The van der Waals surface area contributed by atoms with Gasteiger partial charge in [-0.05, 0) is 50.4 Å². The Morgan fingerprint density at radius 2 is 1.22 bits per heavy atom. The highest BCUT2D eigenvalue weighted by Gasteiger charge is 2.23. The molecule has 318 valence electrons. The largest absolute Gasteiger partial charge is 1.00 e. The van der Waals surface area contributed by atoms with Crippen molar-refractivity contribution in [2.24, 2.45) is 36.2 Å².